The molecule has 0 saturated carbocycles. The van der Waals surface area contributed by atoms with Gasteiger partial charge in [-0.3, -0.25) is 4.79 Å². The Bertz CT molecular complexity index is 338. The monoisotopic (exact) mass is 203 g/mol. The Morgan fingerprint density at radius 2 is 2.20 bits per heavy atom. The number of amides is 1. The summed E-state index contributed by atoms with van der Waals surface area (Å²) in [6, 6.07) is 10.3. The molecular formula is C11H14BNO2. The van der Waals surface area contributed by atoms with Gasteiger partial charge in [0.25, 0.3) is 0 Å². The third-order valence-electron chi connectivity index (χ3n) is 2.49. The molecule has 0 aliphatic carbocycles. The van der Waals surface area contributed by atoms with Crippen molar-refractivity contribution in [3.8, 4) is 0 Å². The van der Waals surface area contributed by atoms with Crippen molar-refractivity contribution in [3.63, 3.8) is 0 Å². The van der Waals surface area contributed by atoms with Gasteiger partial charge in [-0.05, 0) is 12.0 Å². The summed E-state index contributed by atoms with van der Waals surface area (Å²) in [4.78, 5) is 11.0. The van der Waals surface area contributed by atoms with E-state index in [1.54, 1.807) is 7.85 Å². The van der Waals surface area contributed by atoms with Gasteiger partial charge in [0, 0.05) is 0 Å². The summed E-state index contributed by atoms with van der Waals surface area (Å²) in [5.74, 6) is 0.00595. The lowest BCUT2D eigenvalue weighted by atomic mass is 10.0. The molecule has 1 amide bonds. The highest BCUT2D eigenvalue weighted by Crippen LogP contribution is 2.17. The highest BCUT2D eigenvalue weighted by atomic mass is 16.6. The number of hydrogen-bond donors (Lipinski definition) is 1. The maximum atomic E-state index is 11.0. The van der Waals surface area contributed by atoms with E-state index >= 15 is 0 Å². The van der Waals surface area contributed by atoms with Gasteiger partial charge in [0.15, 0.2) is 5.81 Å². The van der Waals surface area contributed by atoms with Crippen LogP contribution in [0.4, 0.5) is 4.79 Å². The van der Waals surface area contributed by atoms with Crippen LogP contribution in [0.15, 0.2) is 30.3 Å². The lowest BCUT2D eigenvalue weighted by molar-refractivity contribution is 0.251. The minimum absolute atomic E-state index is 0.00595. The van der Waals surface area contributed by atoms with Crippen molar-refractivity contribution in [3.05, 3.63) is 35.9 Å². The summed E-state index contributed by atoms with van der Waals surface area (Å²) in [6.45, 7) is 0.762. The van der Waals surface area contributed by atoms with E-state index in [-0.39, 0.29) is 18.0 Å². The van der Waals surface area contributed by atoms with E-state index in [4.69, 9.17) is 4.74 Å². The Hall–Kier alpha value is -1.29. The van der Waals surface area contributed by atoms with E-state index in [0.717, 1.165) is 13.0 Å². The topological polar surface area (TPSA) is 41.6 Å². The first kappa shape index (κ1) is 10.2. The molecule has 1 heterocycles. The highest BCUT2D eigenvalue weighted by Gasteiger charge is 2.33. The molecule has 15 heavy (non-hydrogen) atoms. The Morgan fingerprint density at radius 3 is 2.73 bits per heavy atom. The molecule has 1 saturated heterocycles. The number of carbonyl (C=O) groups excluding carboxylic acids is 1. The summed E-state index contributed by atoms with van der Waals surface area (Å²) >= 11 is 0. The molecule has 0 bridgehead atoms. The second-order valence-corrected chi connectivity index (χ2v) is 3.87. The van der Waals surface area contributed by atoms with Gasteiger partial charge in [-0.1, -0.05) is 30.3 Å². The van der Waals surface area contributed by atoms with E-state index in [2.05, 4.69) is 17.4 Å². The first-order valence-corrected chi connectivity index (χ1v) is 5.18. The van der Waals surface area contributed by atoms with Crippen LogP contribution in [0.25, 0.3) is 0 Å². The van der Waals surface area contributed by atoms with Crippen LogP contribution >= 0.6 is 0 Å². The standard InChI is InChI=1S/C11H14BNO2/c12-11(14)13-9(10-7-15-10)6-8-4-2-1-3-5-8/h1-5,9-10H,6-7,12H2,(H,13,14)/t9-,10+/m0/s1. The van der Waals surface area contributed by atoms with Crippen LogP contribution in [-0.2, 0) is 11.2 Å². The lowest BCUT2D eigenvalue weighted by Gasteiger charge is -2.15. The van der Waals surface area contributed by atoms with Gasteiger partial charge in [0.05, 0.1) is 12.6 Å². The minimum atomic E-state index is 0.00595. The largest absolute Gasteiger partial charge is 0.371 e. The lowest BCUT2D eigenvalue weighted by Crippen LogP contribution is -2.39. The number of nitrogens with one attached hydrogen (secondary N) is 1. The Labute approximate surface area is 90.2 Å². The molecule has 1 aliphatic rings. The van der Waals surface area contributed by atoms with Crippen molar-refractivity contribution in [2.24, 2.45) is 0 Å². The quantitative estimate of drug-likeness (QED) is 0.566. The van der Waals surface area contributed by atoms with Crippen molar-refractivity contribution in [2.75, 3.05) is 6.61 Å². The number of epoxide rings is 1. The molecule has 2 atom stereocenters. The van der Waals surface area contributed by atoms with Crippen LogP contribution in [-0.4, -0.2) is 32.4 Å². The van der Waals surface area contributed by atoms with Crippen molar-refractivity contribution in [1.29, 1.82) is 0 Å². The third-order valence-corrected chi connectivity index (χ3v) is 2.49. The second kappa shape index (κ2) is 4.49. The van der Waals surface area contributed by atoms with Crippen LogP contribution < -0.4 is 5.32 Å². The van der Waals surface area contributed by atoms with E-state index in [1.165, 1.54) is 5.56 Å². The highest BCUT2D eigenvalue weighted by molar-refractivity contribution is 6.57. The van der Waals surface area contributed by atoms with E-state index in [9.17, 15) is 4.79 Å². The van der Waals surface area contributed by atoms with Crippen LogP contribution in [0.1, 0.15) is 5.56 Å². The van der Waals surface area contributed by atoms with Crippen LogP contribution in [0.2, 0.25) is 0 Å². The summed E-state index contributed by atoms with van der Waals surface area (Å²) < 4.78 is 5.23. The molecule has 1 N–H and O–H groups in total. The van der Waals surface area contributed by atoms with Gasteiger partial charge >= 0.3 is 0 Å². The molecular weight excluding hydrogens is 189 g/mol. The predicted molar refractivity (Wildman–Crippen MR) is 60.7 cm³/mol. The molecule has 4 heteroatoms. The van der Waals surface area contributed by atoms with Crippen molar-refractivity contribution in [2.45, 2.75) is 18.6 Å². The zero-order valence-corrected chi connectivity index (χ0v) is 8.77. The molecule has 2 rings (SSSR count). The third kappa shape index (κ3) is 3.10. The number of hydrogen-bond acceptors (Lipinski definition) is 2. The predicted octanol–water partition coefficient (Wildman–Crippen LogP) is 0.339. The molecule has 1 aromatic carbocycles. The van der Waals surface area contributed by atoms with E-state index in [1.807, 2.05) is 18.2 Å². The van der Waals surface area contributed by atoms with Gasteiger partial charge in [-0.2, -0.15) is 0 Å². The van der Waals surface area contributed by atoms with Crippen molar-refractivity contribution in [1.82, 2.24) is 5.32 Å². The van der Waals surface area contributed by atoms with Crippen molar-refractivity contribution < 1.29 is 9.53 Å². The van der Waals surface area contributed by atoms with Gasteiger partial charge < -0.3 is 10.1 Å². The molecule has 3 nitrogen and oxygen atoms in total. The molecule has 0 aromatic heterocycles. The summed E-state index contributed by atoms with van der Waals surface area (Å²) in [5.41, 5.74) is 1.23. The van der Waals surface area contributed by atoms with Crippen LogP contribution in [0.5, 0.6) is 0 Å². The summed E-state index contributed by atoms with van der Waals surface area (Å²) in [7, 11) is 1.54. The number of carbonyl (C=O) groups is 1. The molecule has 0 unspecified atom stereocenters. The van der Waals surface area contributed by atoms with Crippen LogP contribution in [0.3, 0.4) is 0 Å². The van der Waals surface area contributed by atoms with Crippen molar-refractivity contribution >= 4 is 13.7 Å². The van der Waals surface area contributed by atoms with Gasteiger partial charge in [-0.15, -0.1) is 0 Å². The number of benzene rings is 1. The second-order valence-electron chi connectivity index (χ2n) is 3.87. The van der Waals surface area contributed by atoms with E-state index < -0.39 is 0 Å². The first-order valence-electron chi connectivity index (χ1n) is 5.18. The molecule has 0 spiro atoms. The fraction of sp³-hybridized carbons (Fsp3) is 0.364. The Balaban J connectivity index is 1.97. The van der Waals surface area contributed by atoms with Gasteiger partial charge in [0.2, 0.25) is 7.85 Å². The number of rotatable bonds is 4. The van der Waals surface area contributed by atoms with Gasteiger partial charge in [-0.25, -0.2) is 0 Å². The maximum Gasteiger partial charge on any atom is 0.215 e. The average molecular weight is 203 g/mol. The normalized spacial score (nSPS) is 20.7. The molecule has 1 aliphatic heterocycles. The molecule has 78 valence electrons. The minimum Gasteiger partial charge on any atom is -0.371 e. The molecule has 1 fully saturated rings. The zero-order chi connectivity index (χ0) is 10.7. The maximum absolute atomic E-state index is 11.0. The molecule has 1 aromatic rings. The first-order chi connectivity index (χ1) is 7.25. The summed E-state index contributed by atoms with van der Waals surface area (Å²) in [6.07, 6.45) is 1.04. The van der Waals surface area contributed by atoms with E-state index in [0.29, 0.717) is 0 Å². The fourth-order valence-corrected chi connectivity index (χ4v) is 1.69. The fourth-order valence-electron chi connectivity index (χ4n) is 1.69. The SMILES string of the molecule is BC(=O)N[C@@H](Cc1ccccc1)[C@H]1CO1. The average Bonchev–Trinajstić information content (AvgIpc) is 3.01. The van der Waals surface area contributed by atoms with Crippen LogP contribution in [0, 0.1) is 0 Å². The smallest absolute Gasteiger partial charge is 0.215 e. The number of ether oxygens (including phenoxy) is 1. The zero-order valence-electron chi connectivity index (χ0n) is 8.77. The Kier molecular flexibility index (Phi) is 3.06. The molecule has 0 radical (unpaired) electrons. The Morgan fingerprint density at radius 1 is 1.53 bits per heavy atom. The van der Waals surface area contributed by atoms with Gasteiger partial charge in [0.1, 0.15) is 6.10 Å². The summed E-state index contributed by atoms with van der Waals surface area (Å²) in [5, 5.41) is 2.93.